The van der Waals surface area contributed by atoms with Crippen LogP contribution in [0.25, 0.3) is 0 Å². The van der Waals surface area contributed by atoms with Gasteiger partial charge in [-0.25, -0.2) is 9.67 Å². The summed E-state index contributed by atoms with van der Waals surface area (Å²) in [5, 5.41) is 21.2. The summed E-state index contributed by atoms with van der Waals surface area (Å²) in [5.74, 6) is 1.37. The maximum absolute atomic E-state index is 12.2. The quantitative estimate of drug-likeness (QED) is 0.797. The number of aromatic nitrogens is 4. The Labute approximate surface area is 151 Å². The van der Waals surface area contributed by atoms with Crippen molar-refractivity contribution < 1.29 is 19.2 Å². The molecule has 0 spiro atoms. The average molecular weight is 363 g/mol. The number of ether oxygens (including phenoxy) is 1. The van der Waals surface area contributed by atoms with Crippen molar-refractivity contribution in [1.82, 2.24) is 25.2 Å². The maximum Gasteiger partial charge on any atom is 0.290 e. The van der Waals surface area contributed by atoms with Crippen molar-refractivity contribution in [2.45, 2.75) is 63.8 Å². The summed E-state index contributed by atoms with van der Waals surface area (Å²) in [6.07, 6.45) is 2.76. The first-order chi connectivity index (χ1) is 12.5. The van der Waals surface area contributed by atoms with Crippen molar-refractivity contribution in [3.05, 3.63) is 29.7 Å². The van der Waals surface area contributed by atoms with Gasteiger partial charge in [0.2, 0.25) is 5.76 Å². The molecule has 0 bridgehead atoms. The molecule has 2 aromatic rings. The Morgan fingerprint density at radius 1 is 1.50 bits per heavy atom. The molecule has 0 radical (unpaired) electrons. The lowest BCUT2D eigenvalue weighted by Crippen LogP contribution is -2.46. The van der Waals surface area contributed by atoms with Crippen LogP contribution in [-0.2, 0) is 11.3 Å². The minimum absolute atomic E-state index is 0.0962. The van der Waals surface area contributed by atoms with Gasteiger partial charge in [0, 0.05) is 25.1 Å². The van der Waals surface area contributed by atoms with E-state index in [0.717, 1.165) is 12.2 Å². The number of aliphatic hydroxyl groups is 1. The van der Waals surface area contributed by atoms with E-state index in [-0.39, 0.29) is 29.7 Å². The minimum Gasteiger partial charge on any atom is -0.391 e. The first-order valence-electron chi connectivity index (χ1n) is 8.83. The van der Waals surface area contributed by atoms with E-state index in [1.165, 1.54) is 12.3 Å². The van der Waals surface area contributed by atoms with Gasteiger partial charge in [0.1, 0.15) is 12.4 Å². The summed E-state index contributed by atoms with van der Waals surface area (Å²) in [6.45, 7) is 4.46. The summed E-state index contributed by atoms with van der Waals surface area (Å²) >= 11 is 0. The Hall–Kier alpha value is -2.26. The van der Waals surface area contributed by atoms with Crippen molar-refractivity contribution in [3.63, 3.8) is 0 Å². The average Bonchev–Trinajstić information content (AvgIpc) is 3.27. The molecule has 1 amide bonds. The molecular formula is C17H25N5O4. The van der Waals surface area contributed by atoms with Crippen LogP contribution in [0.1, 0.15) is 67.3 Å². The lowest BCUT2D eigenvalue weighted by molar-refractivity contribution is 0.0645. The highest BCUT2D eigenvalue weighted by Gasteiger charge is 2.34. The zero-order chi connectivity index (χ0) is 18.7. The van der Waals surface area contributed by atoms with Crippen LogP contribution in [0.3, 0.4) is 0 Å². The predicted molar refractivity (Wildman–Crippen MR) is 91.5 cm³/mol. The molecule has 1 fully saturated rings. The van der Waals surface area contributed by atoms with Gasteiger partial charge in [0.25, 0.3) is 5.91 Å². The third-order valence-corrected chi connectivity index (χ3v) is 4.62. The maximum atomic E-state index is 12.2. The predicted octanol–water partition coefficient (Wildman–Crippen LogP) is 1.42. The fourth-order valence-corrected chi connectivity index (χ4v) is 3.35. The number of amides is 1. The van der Waals surface area contributed by atoms with Gasteiger partial charge in [0.05, 0.1) is 18.3 Å². The Kier molecular flexibility index (Phi) is 5.67. The van der Waals surface area contributed by atoms with E-state index in [9.17, 15) is 9.90 Å². The molecule has 26 heavy (non-hydrogen) atoms. The van der Waals surface area contributed by atoms with Gasteiger partial charge in [-0.05, 0) is 33.1 Å². The molecule has 0 aromatic carbocycles. The van der Waals surface area contributed by atoms with Gasteiger partial charge in [-0.15, -0.1) is 0 Å². The highest BCUT2D eigenvalue weighted by Crippen LogP contribution is 2.33. The van der Waals surface area contributed by atoms with E-state index in [2.05, 4.69) is 34.4 Å². The van der Waals surface area contributed by atoms with Crippen molar-refractivity contribution in [2.24, 2.45) is 0 Å². The first-order valence-corrected chi connectivity index (χ1v) is 8.83. The number of nitrogens with one attached hydrogen (secondary N) is 1. The zero-order valence-corrected chi connectivity index (χ0v) is 15.3. The Balaban J connectivity index is 1.76. The smallest absolute Gasteiger partial charge is 0.290 e. The lowest BCUT2D eigenvalue weighted by Gasteiger charge is -2.33. The number of carbonyl (C=O) groups excluding carboxylic acids is 1. The molecule has 1 aliphatic carbocycles. The summed E-state index contributed by atoms with van der Waals surface area (Å²) < 4.78 is 11.9. The summed E-state index contributed by atoms with van der Waals surface area (Å²) in [5.41, 5.74) is 0. The molecule has 9 nitrogen and oxygen atoms in total. The second-order valence-corrected chi connectivity index (χ2v) is 6.89. The lowest BCUT2D eigenvalue weighted by atomic mass is 9.83. The van der Waals surface area contributed by atoms with Crippen molar-refractivity contribution in [3.8, 4) is 0 Å². The molecule has 2 N–H and O–H groups in total. The molecule has 1 saturated carbocycles. The highest BCUT2D eigenvalue weighted by molar-refractivity contribution is 5.91. The standard InChI is InChI=1S/C17H25N5O4/c1-10(2)22-16(20-15(21-22)9-25-3)11-4-5-13(23)12(8-11)19-17(24)14-6-7-18-26-14/h6-7,10-13,23H,4-5,8-9H2,1-3H3,(H,19,24)/t11-,12+,13+/m0/s1. The van der Waals surface area contributed by atoms with Crippen molar-refractivity contribution in [2.75, 3.05) is 7.11 Å². The van der Waals surface area contributed by atoms with Gasteiger partial charge in [0.15, 0.2) is 5.82 Å². The SMILES string of the molecule is COCc1nc([C@H]2CC[C@@H](O)[C@H](NC(=O)c3ccno3)C2)n(C(C)C)n1. The fraction of sp³-hybridized carbons (Fsp3) is 0.647. The molecule has 1 aliphatic rings. The molecule has 3 rings (SSSR count). The van der Waals surface area contributed by atoms with Crippen LogP contribution < -0.4 is 5.32 Å². The zero-order valence-electron chi connectivity index (χ0n) is 15.3. The van der Waals surface area contributed by atoms with Crippen LogP contribution in [-0.4, -0.2) is 50.2 Å². The normalized spacial score (nSPS) is 23.3. The van der Waals surface area contributed by atoms with Crippen molar-refractivity contribution in [1.29, 1.82) is 0 Å². The van der Waals surface area contributed by atoms with Crippen LogP contribution in [0.5, 0.6) is 0 Å². The van der Waals surface area contributed by atoms with Gasteiger partial charge in [-0.1, -0.05) is 5.16 Å². The molecule has 142 valence electrons. The largest absolute Gasteiger partial charge is 0.391 e. The summed E-state index contributed by atoms with van der Waals surface area (Å²) in [7, 11) is 1.61. The number of aliphatic hydroxyl groups excluding tert-OH is 1. The number of hydrogen-bond acceptors (Lipinski definition) is 7. The number of nitrogens with zero attached hydrogens (tertiary/aromatic N) is 4. The van der Waals surface area contributed by atoms with Crippen LogP contribution >= 0.6 is 0 Å². The summed E-state index contributed by atoms with van der Waals surface area (Å²) in [6, 6.07) is 1.28. The van der Waals surface area contributed by atoms with Crippen molar-refractivity contribution >= 4 is 5.91 Å². The Morgan fingerprint density at radius 2 is 2.31 bits per heavy atom. The van der Waals surface area contributed by atoms with Crippen LogP contribution in [0.2, 0.25) is 0 Å². The fourth-order valence-electron chi connectivity index (χ4n) is 3.35. The highest BCUT2D eigenvalue weighted by atomic mass is 16.5. The molecule has 2 heterocycles. The van der Waals surface area contributed by atoms with E-state index < -0.39 is 6.10 Å². The third-order valence-electron chi connectivity index (χ3n) is 4.62. The molecule has 2 aromatic heterocycles. The van der Waals surface area contributed by atoms with E-state index >= 15 is 0 Å². The molecule has 0 aliphatic heterocycles. The molecular weight excluding hydrogens is 338 g/mol. The Bertz CT molecular complexity index is 728. The third kappa shape index (κ3) is 3.94. The first kappa shape index (κ1) is 18.5. The second-order valence-electron chi connectivity index (χ2n) is 6.89. The van der Waals surface area contributed by atoms with Crippen LogP contribution in [0.15, 0.2) is 16.8 Å². The van der Waals surface area contributed by atoms with E-state index in [4.69, 9.17) is 9.26 Å². The number of carbonyl (C=O) groups is 1. The van der Waals surface area contributed by atoms with E-state index in [1.807, 2.05) is 4.68 Å². The number of methoxy groups -OCH3 is 1. The van der Waals surface area contributed by atoms with Gasteiger partial charge < -0.3 is 19.7 Å². The molecule has 0 unspecified atom stereocenters. The van der Waals surface area contributed by atoms with Crippen LogP contribution in [0, 0.1) is 0 Å². The minimum atomic E-state index is -0.605. The van der Waals surface area contributed by atoms with Gasteiger partial charge >= 0.3 is 0 Å². The second kappa shape index (κ2) is 7.96. The number of hydrogen-bond donors (Lipinski definition) is 2. The summed E-state index contributed by atoms with van der Waals surface area (Å²) in [4.78, 5) is 16.9. The van der Waals surface area contributed by atoms with Gasteiger partial charge in [-0.2, -0.15) is 5.10 Å². The topological polar surface area (TPSA) is 115 Å². The monoisotopic (exact) mass is 363 g/mol. The molecule has 3 atom stereocenters. The van der Waals surface area contributed by atoms with Gasteiger partial charge in [-0.3, -0.25) is 4.79 Å². The number of rotatable bonds is 6. The molecule has 9 heteroatoms. The van der Waals surface area contributed by atoms with E-state index in [0.29, 0.717) is 25.3 Å². The van der Waals surface area contributed by atoms with Crippen LogP contribution in [0.4, 0.5) is 0 Å². The Morgan fingerprint density at radius 3 is 2.96 bits per heavy atom. The van der Waals surface area contributed by atoms with E-state index in [1.54, 1.807) is 7.11 Å². The molecule has 0 saturated heterocycles.